The van der Waals surface area contributed by atoms with Crippen molar-refractivity contribution in [2.24, 2.45) is 0 Å². The summed E-state index contributed by atoms with van der Waals surface area (Å²) >= 11 is 5.76. The molecule has 29 heavy (non-hydrogen) atoms. The molecule has 0 atom stereocenters. The van der Waals surface area contributed by atoms with Gasteiger partial charge >= 0.3 is 6.18 Å². The number of amides is 1. The van der Waals surface area contributed by atoms with E-state index in [0.29, 0.717) is 9.70 Å². The summed E-state index contributed by atoms with van der Waals surface area (Å²) in [5.41, 5.74) is -1.77. The highest BCUT2D eigenvalue weighted by atomic mass is 35.5. The van der Waals surface area contributed by atoms with Crippen molar-refractivity contribution in [1.29, 1.82) is 0 Å². The second kappa shape index (κ2) is 7.53. The summed E-state index contributed by atoms with van der Waals surface area (Å²) in [6.07, 6.45) is -3.00. The Hall–Kier alpha value is -2.85. The number of nitrogens with one attached hydrogen (secondary N) is 1. The number of hydrogen-bond acceptors (Lipinski definition) is 4. The Bertz CT molecular complexity index is 1170. The fraction of sp³-hybridized carbons (Fsp3) is 0.111. The fourth-order valence-electron chi connectivity index (χ4n) is 2.55. The molecule has 6 nitrogen and oxygen atoms in total. The molecule has 0 radical (unpaired) electrons. The summed E-state index contributed by atoms with van der Waals surface area (Å²) in [5.74, 6) is -0.906. The molecule has 0 fully saturated rings. The molecular formula is C18H13ClF3N3O3S. The standard InChI is InChI=1S/C18H13ClF3N3O3S/c1-29(27,28)14-4-2-3-11(9-14)17(26)24-15-10-23-25(16(15)18(20,21)22)13-7-5-12(19)6-8-13/h2-10H,1H3,(H,24,26). The number of carbonyl (C=O) groups is 1. The Morgan fingerprint density at radius 3 is 2.38 bits per heavy atom. The normalized spacial score (nSPS) is 12.0. The van der Waals surface area contributed by atoms with E-state index in [-0.39, 0.29) is 16.1 Å². The molecule has 0 aliphatic carbocycles. The second-order valence-corrected chi connectivity index (χ2v) is 8.50. The third-order valence-electron chi connectivity index (χ3n) is 3.88. The minimum Gasteiger partial charge on any atom is -0.319 e. The van der Waals surface area contributed by atoms with Crippen LogP contribution < -0.4 is 5.32 Å². The van der Waals surface area contributed by atoms with Gasteiger partial charge in [-0.05, 0) is 42.5 Å². The van der Waals surface area contributed by atoms with Crippen molar-refractivity contribution in [2.75, 3.05) is 11.6 Å². The quantitative estimate of drug-likeness (QED) is 0.655. The van der Waals surface area contributed by atoms with Gasteiger partial charge < -0.3 is 5.32 Å². The summed E-state index contributed by atoms with van der Waals surface area (Å²) in [7, 11) is -3.59. The van der Waals surface area contributed by atoms with E-state index in [1.165, 1.54) is 42.5 Å². The average molecular weight is 444 g/mol. The van der Waals surface area contributed by atoms with Crippen molar-refractivity contribution in [3.8, 4) is 5.69 Å². The maximum Gasteiger partial charge on any atom is 0.435 e. The zero-order valence-corrected chi connectivity index (χ0v) is 16.3. The third-order valence-corrected chi connectivity index (χ3v) is 5.24. The van der Waals surface area contributed by atoms with Gasteiger partial charge in [0.2, 0.25) is 0 Å². The zero-order chi connectivity index (χ0) is 21.4. The Morgan fingerprint density at radius 1 is 1.14 bits per heavy atom. The zero-order valence-electron chi connectivity index (χ0n) is 14.7. The number of aromatic nitrogens is 2. The number of anilines is 1. The van der Waals surface area contributed by atoms with Gasteiger partial charge in [0.1, 0.15) is 0 Å². The number of rotatable bonds is 4. The molecule has 0 saturated heterocycles. The van der Waals surface area contributed by atoms with Crippen molar-refractivity contribution in [3.63, 3.8) is 0 Å². The van der Waals surface area contributed by atoms with Crippen LogP contribution in [0.4, 0.5) is 18.9 Å². The lowest BCUT2D eigenvalue weighted by Crippen LogP contribution is -2.19. The largest absolute Gasteiger partial charge is 0.435 e. The predicted molar refractivity (Wildman–Crippen MR) is 101 cm³/mol. The minimum absolute atomic E-state index is 0.0984. The Kier molecular flexibility index (Phi) is 5.42. The van der Waals surface area contributed by atoms with E-state index in [4.69, 9.17) is 11.6 Å². The van der Waals surface area contributed by atoms with Crippen LogP contribution in [-0.4, -0.2) is 30.4 Å². The van der Waals surface area contributed by atoms with Gasteiger partial charge in [-0.1, -0.05) is 17.7 Å². The molecule has 0 aliphatic rings. The van der Waals surface area contributed by atoms with Gasteiger partial charge in [0.15, 0.2) is 15.5 Å². The molecule has 3 rings (SSSR count). The molecule has 0 spiro atoms. The first kappa shape index (κ1) is 20.9. The average Bonchev–Trinajstić information content (AvgIpc) is 3.05. The van der Waals surface area contributed by atoms with E-state index < -0.39 is 33.3 Å². The van der Waals surface area contributed by atoms with Crippen LogP contribution in [0.25, 0.3) is 5.69 Å². The van der Waals surface area contributed by atoms with Crippen LogP contribution in [0.3, 0.4) is 0 Å². The highest BCUT2D eigenvalue weighted by Gasteiger charge is 2.39. The Balaban J connectivity index is 2.00. The molecule has 11 heteroatoms. The van der Waals surface area contributed by atoms with Crippen LogP contribution >= 0.6 is 11.6 Å². The number of benzene rings is 2. The number of nitrogens with zero attached hydrogens (tertiary/aromatic N) is 2. The maximum absolute atomic E-state index is 13.7. The van der Waals surface area contributed by atoms with Crippen LogP contribution in [0.1, 0.15) is 16.1 Å². The van der Waals surface area contributed by atoms with E-state index in [1.54, 1.807) is 0 Å². The number of hydrogen-bond donors (Lipinski definition) is 1. The SMILES string of the molecule is CS(=O)(=O)c1cccc(C(=O)Nc2cnn(-c3ccc(Cl)cc3)c2C(F)(F)F)c1. The number of sulfone groups is 1. The number of halogens is 4. The third kappa shape index (κ3) is 4.60. The summed E-state index contributed by atoms with van der Waals surface area (Å²) in [4.78, 5) is 12.3. The van der Waals surface area contributed by atoms with Crippen LogP contribution in [0.5, 0.6) is 0 Å². The van der Waals surface area contributed by atoms with E-state index >= 15 is 0 Å². The molecule has 152 valence electrons. The lowest BCUT2D eigenvalue weighted by atomic mass is 10.2. The first-order valence-electron chi connectivity index (χ1n) is 7.99. The van der Waals surface area contributed by atoms with Crippen LogP contribution in [0.2, 0.25) is 5.02 Å². The van der Waals surface area contributed by atoms with E-state index in [2.05, 4.69) is 10.4 Å². The minimum atomic E-state index is -4.83. The smallest absolute Gasteiger partial charge is 0.319 e. The number of alkyl halides is 3. The first-order valence-corrected chi connectivity index (χ1v) is 10.3. The lowest BCUT2D eigenvalue weighted by Gasteiger charge is -2.13. The van der Waals surface area contributed by atoms with Gasteiger partial charge in [-0.25, -0.2) is 13.1 Å². The second-order valence-electron chi connectivity index (χ2n) is 6.05. The van der Waals surface area contributed by atoms with Gasteiger partial charge in [0.05, 0.1) is 22.5 Å². The Morgan fingerprint density at radius 2 is 1.79 bits per heavy atom. The molecule has 1 aromatic heterocycles. The van der Waals surface area contributed by atoms with E-state index in [1.807, 2.05) is 0 Å². The van der Waals surface area contributed by atoms with Crippen molar-refractivity contribution >= 4 is 33.0 Å². The van der Waals surface area contributed by atoms with Gasteiger partial charge in [-0.2, -0.15) is 18.3 Å². The van der Waals surface area contributed by atoms with Crippen molar-refractivity contribution in [3.05, 3.63) is 71.0 Å². The summed E-state index contributed by atoms with van der Waals surface area (Å²) in [6.45, 7) is 0. The summed E-state index contributed by atoms with van der Waals surface area (Å²) in [5, 5.41) is 6.22. The summed E-state index contributed by atoms with van der Waals surface area (Å²) in [6, 6.07) is 10.5. The van der Waals surface area contributed by atoms with E-state index in [9.17, 15) is 26.4 Å². The van der Waals surface area contributed by atoms with Crippen LogP contribution in [-0.2, 0) is 16.0 Å². The molecule has 1 amide bonds. The summed E-state index contributed by atoms with van der Waals surface area (Å²) < 4.78 is 64.9. The lowest BCUT2D eigenvalue weighted by molar-refractivity contribution is -0.142. The van der Waals surface area contributed by atoms with Gasteiger partial charge in [0.25, 0.3) is 5.91 Å². The highest BCUT2D eigenvalue weighted by molar-refractivity contribution is 7.90. The monoisotopic (exact) mass is 443 g/mol. The molecule has 0 bridgehead atoms. The van der Waals surface area contributed by atoms with Gasteiger partial charge in [0, 0.05) is 16.8 Å². The molecule has 0 unspecified atom stereocenters. The van der Waals surface area contributed by atoms with Crippen molar-refractivity contribution < 1.29 is 26.4 Å². The molecule has 2 aromatic carbocycles. The molecular weight excluding hydrogens is 431 g/mol. The molecule has 1 heterocycles. The van der Waals surface area contributed by atoms with Gasteiger partial charge in [-0.3, -0.25) is 4.79 Å². The molecule has 0 saturated carbocycles. The molecule has 0 aliphatic heterocycles. The maximum atomic E-state index is 13.7. The molecule has 3 aromatic rings. The molecule has 1 N–H and O–H groups in total. The van der Waals surface area contributed by atoms with Crippen LogP contribution in [0, 0.1) is 0 Å². The number of carbonyl (C=O) groups excluding carboxylic acids is 1. The highest BCUT2D eigenvalue weighted by Crippen LogP contribution is 2.36. The van der Waals surface area contributed by atoms with E-state index in [0.717, 1.165) is 18.5 Å². The fourth-order valence-corrected chi connectivity index (χ4v) is 3.35. The van der Waals surface area contributed by atoms with Crippen LogP contribution in [0.15, 0.2) is 59.6 Å². The topological polar surface area (TPSA) is 81.1 Å². The van der Waals surface area contributed by atoms with Gasteiger partial charge in [-0.15, -0.1) is 0 Å². The van der Waals surface area contributed by atoms with Crippen molar-refractivity contribution in [2.45, 2.75) is 11.1 Å². The first-order chi connectivity index (χ1) is 13.5. The Labute approximate surface area is 168 Å². The van der Waals surface area contributed by atoms with Crippen molar-refractivity contribution in [1.82, 2.24) is 9.78 Å². The predicted octanol–water partition coefficient (Wildman–Crippen LogP) is 4.20.